The van der Waals surface area contributed by atoms with E-state index in [4.69, 9.17) is 0 Å². The quantitative estimate of drug-likeness (QED) is 0.710. The summed E-state index contributed by atoms with van der Waals surface area (Å²) in [7, 11) is 0. The maximum absolute atomic E-state index is 9.43. The van der Waals surface area contributed by atoms with E-state index in [9.17, 15) is 5.11 Å². The van der Waals surface area contributed by atoms with Crippen molar-refractivity contribution in [2.24, 2.45) is 0 Å². The second-order valence-corrected chi connectivity index (χ2v) is 2.44. The maximum Gasteiger partial charge on any atom is 0.115 e. The monoisotopic (exact) mass is 152 g/mol. The Kier molecular flexibility index (Phi) is 2.98. The Morgan fingerprint density at radius 1 is 1.64 bits per heavy atom. The normalized spacial score (nSPS) is 12.9. The smallest absolute Gasteiger partial charge is 0.115 e. The van der Waals surface area contributed by atoms with Crippen LogP contribution in [0, 0.1) is 0 Å². The van der Waals surface area contributed by atoms with E-state index < -0.39 is 6.10 Å². The van der Waals surface area contributed by atoms with Gasteiger partial charge < -0.3 is 5.11 Å². The molecule has 0 amide bonds. The van der Waals surface area contributed by atoms with Crippen molar-refractivity contribution >= 4 is 0 Å². The summed E-state index contributed by atoms with van der Waals surface area (Å²) in [6.07, 6.45) is 4.39. The molecule has 1 aromatic rings. The van der Waals surface area contributed by atoms with Crippen LogP contribution < -0.4 is 0 Å². The fourth-order valence-electron chi connectivity index (χ4n) is 0.919. The minimum Gasteiger partial charge on any atom is -0.387 e. The third kappa shape index (κ3) is 2.27. The predicted octanol–water partition coefficient (Wildman–Crippen LogP) is 1.31. The van der Waals surface area contributed by atoms with Crippen LogP contribution >= 0.6 is 0 Å². The summed E-state index contributed by atoms with van der Waals surface area (Å²) in [4.78, 5) is 7.70. The first kappa shape index (κ1) is 8.14. The van der Waals surface area contributed by atoms with Gasteiger partial charge in [-0.15, -0.1) is 0 Å². The van der Waals surface area contributed by atoms with E-state index in [1.807, 2.05) is 6.92 Å². The second-order valence-electron chi connectivity index (χ2n) is 2.44. The van der Waals surface area contributed by atoms with E-state index in [-0.39, 0.29) is 0 Å². The molecule has 0 aliphatic rings. The molecule has 60 valence electrons. The van der Waals surface area contributed by atoms with E-state index in [0.29, 0.717) is 5.69 Å². The number of aliphatic hydroxyl groups is 1. The molecule has 0 aromatic carbocycles. The molecule has 1 heterocycles. The molecule has 1 atom stereocenters. The molecule has 0 saturated carbocycles. The van der Waals surface area contributed by atoms with Gasteiger partial charge in [0.1, 0.15) is 6.33 Å². The third-order valence-corrected chi connectivity index (χ3v) is 1.51. The summed E-state index contributed by atoms with van der Waals surface area (Å²) in [5.74, 6) is 0. The van der Waals surface area contributed by atoms with Crippen molar-refractivity contribution in [2.45, 2.75) is 25.9 Å². The van der Waals surface area contributed by atoms with Gasteiger partial charge in [0.05, 0.1) is 11.8 Å². The topological polar surface area (TPSA) is 46.0 Å². The maximum atomic E-state index is 9.43. The summed E-state index contributed by atoms with van der Waals surface area (Å²) in [5.41, 5.74) is 0.710. The molecule has 1 aromatic heterocycles. The van der Waals surface area contributed by atoms with Crippen molar-refractivity contribution in [2.75, 3.05) is 0 Å². The Balaban J connectivity index is 2.61. The van der Waals surface area contributed by atoms with Gasteiger partial charge in [0, 0.05) is 6.20 Å². The lowest BCUT2D eigenvalue weighted by Gasteiger charge is -2.06. The highest BCUT2D eigenvalue weighted by Gasteiger charge is 2.05. The van der Waals surface area contributed by atoms with Gasteiger partial charge in [0.2, 0.25) is 0 Å². The van der Waals surface area contributed by atoms with E-state index in [0.717, 1.165) is 12.8 Å². The Morgan fingerprint density at radius 3 is 3.00 bits per heavy atom. The fourth-order valence-corrected chi connectivity index (χ4v) is 0.919. The van der Waals surface area contributed by atoms with Crippen LogP contribution in [-0.2, 0) is 0 Å². The molecule has 3 nitrogen and oxygen atoms in total. The molecule has 0 aliphatic carbocycles. The molecule has 11 heavy (non-hydrogen) atoms. The highest BCUT2D eigenvalue weighted by Crippen LogP contribution is 2.13. The van der Waals surface area contributed by atoms with Gasteiger partial charge in [-0.25, -0.2) is 9.97 Å². The highest BCUT2D eigenvalue weighted by molar-refractivity contribution is 5.01. The second kappa shape index (κ2) is 4.03. The minimum absolute atomic E-state index is 0.428. The molecule has 0 saturated heterocycles. The Morgan fingerprint density at radius 2 is 2.45 bits per heavy atom. The average molecular weight is 152 g/mol. The van der Waals surface area contributed by atoms with Gasteiger partial charge in [-0.2, -0.15) is 0 Å². The first-order valence-electron chi connectivity index (χ1n) is 3.78. The van der Waals surface area contributed by atoms with E-state index >= 15 is 0 Å². The lowest BCUT2D eigenvalue weighted by atomic mass is 10.1. The largest absolute Gasteiger partial charge is 0.387 e. The van der Waals surface area contributed by atoms with Crippen molar-refractivity contribution in [3.63, 3.8) is 0 Å². The number of hydrogen-bond acceptors (Lipinski definition) is 3. The Bertz CT molecular complexity index is 201. The Hall–Kier alpha value is -0.960. The summed E-state index contributed by atoms with van der Waals surface area (Å²) in [6.45, 7) is 2.03. The molecule has 0 bridgehead atoms. The van der Waals surface area contributed by atoms with Gasteiger partial charge in [-0.1, -0.05) is 13.3 Å². The van der Waals surface area contributed by atoms with E-state index in [1.165, 1.54) is 6.33 Å². The van der Waals surface area contributed by atoms with Crippen molar-refractivity contribution < 1.29 is 5.11 Å². The standard InChI is InChI=1S/C8H12N2O/c1-2-3-8(11)7-4-5-9-6-10-7/h4-6,8,11H,2-3H2,1H3/t8-/m0/s1. The lowest BCUT2D eigenvalue weighted by Crippen LogP contribution is -1.99. The van der Waals surface area contributed by atoms with Crippen molar-refractivity contribution in [3.05, 3.63) is 24.3 Å². The summed E-state index contributed by atoms with van der Waals surface area (Å²) in [6, 6.07) is 1.74. The molecule has 1 N–H and O–H groups in total. The predicted molar refractivity (Wildman–Crippen MR) is 41.9 cm³/mol. The van der Waals surface area contributed by atoms with Gasteiger partial charge in [0.25, 0.3) is 0 Å². The lowest BCUT2D eigenvalue weighted by molar-refractivity contribution is 0.161. The van der Waals surface area contributed by atoms with Crippen LogP contribution in [0.2, 0.25) is 0 Å². The van der Waals surface area contributed by atoms with Crippen LogP contribution in [0.15, 0.2) is 18.6 Å². The number of hydrogen-bond donors (Lipinski definition) is 1. The van der Waals surface area contributed by atoms with Crippen LogP contribution in [0.1, 0.15) is 31.6 Å². The van der Waals surface area contributed by atoms with Crippen LogP contribution in [-0.4, -0.2) is 15.1 Å². The van der Waals surface area contributed by atoms with Crippen LogP contribution in [0.25, 0.3) is 0 Å². The fraction of sp³-hybridized carbons (Fsp3) is 0.500. The zero-order valence-electron chi connectivity index (χ0n) is 6.57. The SMILES string of the molecule is CCC[C@H](O)c1ccncn1. The summed E-state index contributed by atoms with van der Waals surface area (Å²) >= 11 is 0. The van der Waals surface area contributed by atoms with Crippen molar-refractivity contribution in [3.8, 4) is 0 Å². The van der Waals surface area contributed by atoms with Gasteiger partial charge in [0.15, 0.2) is 0 Å². The number of aromatic nitrogens is 2. The average Bonchev–Trinajstić information content (AvgIpc) is 2.07. The van der Waals surface area contributed by atoms with E-state index in [1.54, 1.807) is 12.3 Å². The number of aliphatic hydroxyl groups excluding tert-OH is 1. The zero-order chi connectivity index (χ0) is 8.10. The summed E-state index contributed by atoms with van der Waals surface area (Å²) in [5, 5.41) is 9.43. The van der Waals surface area contributed by atoms with E-state index in [2.05, 4.69) is 9.97 Å². The molecule has 0 aliphatic heterocycles. The number of nitrogens with zero attached hydrogens (tertiary/aromatic N) is 2. The molecule has 0 radical (unpaired) electrons. The molecule has 0 spiro atoms. The third-order valence-electron chi connectivity index (χ3n) is 1.51. The van der Waals surface area contributed by atoms with Crippen molar-refractivity contribution in [1.29, 1.82) is 0 Å². The van der Waals surface area contributed by atoms with Crippen LogP contribution in [0.5, 0.6) is 0 Å². The van der Waals surface area contributed by atoms with Crippen LogP contribution in [0.4, 0.5) is 0 Å². The molecule has 3 heteroatoms. The minimum atomic E-state index is -0.428. The van der Waals surface area contributed by atoms with Gasteiger partial charge >= 0.3 is 0 Å². The zero-order valence-corrected chi connectivity index (χ0v) is 6.57. The molecular weight excluding hydrogens is 140 g/mol. The molecule has 1 rings (SSSR count). The first-order chi connectivity index (χ1) is 5.34. The molecule has 0 unspecified atom stereocenters. The Labute approximate surface area is 66.1 Å². The van der Waals surface area contributed by atoms with Gasteiger partial charge in [-0.3, -0.25) is 0 Å². The highest BCUT2D eigenvalue weighted by atomic mass is 16.3. The number of rotatable bonds is 3. The van der Waals surface area contributed by atoms with Crippen LogP contribution in [0.3, 0.4) is 0 Å². The van der Waals surface area contributed by atoms with Gasteiger partial charge in [-0.05, 0) is 12.5 Å². The molecular formula is C8H12N2O. The summed E-state index contributed by atoms with van der Waals surface area (Å²) < 4.78 is 0. The molecule has 0 fully saturated rings. The first-order valence-corrected chi connectivity index (χ1v) is 3.78. The van der Waals surface area contributed by atoms with Crippen molar-refractivity contribution in [1.82, 2.24) is 9.97 Å².